The van der Waals surface area contributed by atoms with E-state index in [-0.39, 0.29) is 17.1 Å². The number of phenols is 2. The molecule has 0 saturated heterocycles. The van der Waals surface area contributed by atoms with Crippen LogP contribution in [-0.4, -0.2) is 22.3 Å². The van der Waals surface area contributed by atoms with Gasteiger partial charge in [-0.05, 0) is 41.8 Å². The van der Waals surface area contributed by atoms with Crippen LogP contribution < -0.4 is 5.43 Å². The zero-order valence-electron chi connectivity index (χ0n) is 16.3. The average Bonchev–Trinajstić information content (AvgIpc) is 2.79. The molecule has 31 heavy (non-hydrogen) atoms. The molecule has 152 valence electrons. The average molecular weight is 410 g/mol. The van der Waals surface area contributed by atoms with Crippen LogP contribution in [0.3, 0.4) is 0 Å². The second-order valence-electron chi connectivity index (χ2n) is 6.66. The Hall–Kier alpha value is -4.52. The molecule has 0 aliphatic rings. The van der Waals surface area contributed by atoms with Crippen LogP contribution in [0, 0.1) is 0 Å². The van der Waals surface area contributed by atoms with Crippen molar-refractivity contribution < 1.29 is 15.0 Å². The fourth-order valence-electron chi connectivity index (χ4n) is 3.00. The number of benzene rings is 4. The first-order valence-electron chi connectivity index (χ1n) is 9.46. The lowest BCUT2D eigenvalue weighted by Gasteiger charge is -2.03. The van der Waals surface area contributed by atoms with Crippen molar-refractivity contribution in [1.29, 1.82) is 0 Å². The first-order chi connectivity index (χ1) is 15.1. The summed E-state index contributed by atoms with van der Waals surface area (Å²) in [6.45, 7) is 0. The maximum absolute atomic E-state index is 12.1. The second-order valence-corrected chi connectivity index (χ2v) is 6.66. The third-order valence-electron chi connectivity index (χ3n) is 4.57. The molecule has 0 aliphatic carbocycles. The van der Waals surface area contributed by atoms with Gasteiger partial charge in [0.05, 0.1) is 23.2 Å². The molecule has 4 rings (SSSR count). The van der Waals surface area contributed by atoms with E-state index < -0.39 is 5.91 Å². The molecule has 7 nitrogen and oxygen atoms in total. The molecular formula is C24H18N4O3. The van der Waals surface area contributed by atoms with E-state index in [0.717, 1.165) is 16.5 Å². The maximum atomic E-state index is 12.1. The molecular weight excluding hydrogens is 392 g/mol. The zero-order chi connectivity index (χ0) is 21.6. The predicted molar refractivity (Wildman–Crippen MR) is 119 cm³/mol. The number of hydrazone groups is 1. The summed E-state index contributed by atoms with van der Waals surface area (Å²) in [5, 5.41) is 34.3. The Kier molecular flexibility index (Phi) is 5.66. The van der Waals surface area contributed by atoms with Gasteiger partial charge in [0.1, 0.15) is 11.5 Å². The van der Waals surface area contributed by atoms with Gasteiger partial charge in [-0.2, -0.15) is 10.2 Å². The summed E-state index contributed by atoms with van der Waals surface area (Å²) in [4.78, 5) is 12.1. The third-order valence-corrected chi connectivity index (χ3v) is 4.57. The number of nitrogens with zero attached hydrogens (tertiary/aromatic N) is 3. The van der Waals surface area contributed by atoms with Crippen LogP contribution in [0.4, 0.5) is 11.4 Å². The van der Waals surface area contributed by atoms with Crippen molar-refractivity contribution in [2.75, 3.05) is 0 Å². The number of nitrogens with one attached hydrogen (secondary N) is 1. The van der Waals surface area contributed by atoms with Crippen molar-refractivity contribution in [3.8, 4) is 11.5 Å². The number of carbonyl (C=O) groups excluding carboxylic acids is 1. The van der Waals surface area contributed by atoms with Gasteiger partial charge >= 0.3 is 0 Å². The molecule has 0 fully saturated rings. The fraction of sp³-hybridized carbons (Fsp3) is 0. The minimum Gasteiger partial charge on any atom is -0.507 e. The highest BCUT2D eigenvalue weighted by molar-refractivity contribution is 5.97. The second kappa shape index (κ2) is 8.87. The van der Waals surface area contributed by atoms with Gasteiger partial charge in [-0.1, -0.05) is 48.5 Å². The summed E-state index contributed by atoms with van der Waals surface area (Å²) in [7, 11) is 0. The van der Waals surface area contributed by atoms with Crippen molar-refractivity contribution >= 4 is 34.3 Å². The Labute approximate surface area is 178 Å². The van der Waals surface area contributed by atoms with Crippen molar-refractivity contribution in [3.05, 3.63) is 96.1 Å². The number of aromatic hydroxyl groups is 2. The smallest absolute Gasteiger partial charge is 0.275 e. The van der Waals surface area contributed by atoms with E-state index in [1.165, 1.54) is 24.4 Å². The number of hydrogen-bond donors (Lipinski definition) is 3. The molecule has 0 aromatic heterocycles. The lowest BCUT2D eigenvalue weighted by Crippen LogP contribution is -2.17. The predicted octanol–water partition coefficient (Wildman–Crippen LogP) is 5.43. The van der Waals surface area contributed by atoms with Gasteiger partial charge in [0.2, 0.25) is 0 Å². The van der Waals surface area contributed by atoms with Crippen LogP contribution in [0.15, 0.2) is 100 Å². The van der Waals surface area contributed by atoms with Gasteiger partial charge in [0.15, 0.2) is 0 Å². The third kappa shape index (κ3) is 4.56. The zero-order valence-corrected chi connectivity index (χ0v) is 16.3. The van der Waals surface area contributed by atoms with Crippen LogP contribution in [-0.2, 0) is 0 Å². The van der Waals surface area contributed by atoms with Gasteiger partial charge in [-0.3, -0.25) is 4.79 Å². The first-order valence-corrected chi connectivity index (χ1v) is 9.46. The topological polar surface area (TPSA) is 107 Å². The molecule has 3 N–H and O–H groups in total. The highest BCUT2D eigenvalue weighted by atomic mass is 16.3. The molecule has 0 radical (unpaired) electrons. The number of hydrogen-bond acceptors (Lipinski definition) is 6. The van der Waals surface area contributed by atoms with E-state index in [2.05, 4.69) is 20.8 Å². The van der Waals surface area contributed by atoms with Crippen LogP contribution in [0.25, 0.3) is 10.8 Å². The molecule has 0 aliphatic heterocycles. The molecule has 0 heterocycles. The SMILES string of the molecule is O=C(N/N=C/c1cc(N=Nc2cccc3ccccc23)ccc1O)c1ccccc1O. The van der Waals surface area contributed by atoms with Crippen molar-refractivity contribution in [2.45, 2.75) is 0 Å². The lowest BCUT2D eigenvalue weighted by molar-refractivity contribution is 0.0952. The number of rotatable bonds is 5. The number of para-hydroxylation sites is 1. The van der Waals surface area contributed by atoms with Gasteiger partial charge in [0, 0.05) is 10.9 Å². The van der Waals surface area contributed by atoms with Gasteiger partial charge in [-0.15, -0.1) is 5.11 Å². The molecule has 7 heteroatoms. The Morgan fingerprint density at radius 3 is 2.45 bits per heavy atom. The number of amides is 1. The normalized spacial score (nSPS) is 11.4. The van der Waals surface area contributed by atoms with Crippen molar-refractivity contribution in [1.82, 2.24) is 5.43 Å². The van der Waals surface area contributed by atoms with E-state index in [1.54, 1.807) is 24.3 Å². The van der Waals surface area contributed by atoms with Gasteiger partial charge in [-0.25, -0.2) is 5.43 Å². The number of carbonyl (C=O) groups is 1. The highest BCUT2D eigenvalue weighted by Crippen LogP contribution is 2.28. The Bertz CT molecular complexity index is 1310. The van der Waals surface area contributed by atoms with Gasteiger partial charge < -0.3 is 10.2 Å². The Morgan fingerprint density at radius 1 is 0.806 bits per heavy atom. The summed E-state index contributed by atoms with van der Waals surface area (Å²) in [6, 6.07) is 24.5. The van der Waals surface area contributed by atoms with E-state index in [9.17, 15) is 15.0 Å². The summed E-state index contributed by atoms with van der Waals surface area (Å²) in [5.41, 5.74) is 4.02. The molecule has 0 bridgehead atoms. The number of phenolic OH excluding ortho intramolecular Hbond substituents is 2. The van der Waals surface area contributed by atoms with E-state index in [1.807, 2.05) is 42.5 Å². The molecule has 0 unspecified atom stereocenters. The van der Waals surface area contributed by atoms with Crippen LogP contribution in [0.1, 0.15) is 15.9 Å². The van der Waals surface area contributed by atoms with Crippen molar-refractivity contribution in [2.24, 2.45) is 15.3 Å². The Morgan fingerprint density at radius 2 is 1.58 bits per heavy atom. The van der Waals surface area contributed by atoms with E-state index in [0.29, 0.717) is 11.3 Å². The molecule has 0 atom stereocenters. The standard InChI is InChI=1S/C24H18N4O3/c29-22-13-12-18(26-27-21-10-5-7-16-6-1-2-8-19(16)21)14-17(22)15-25-28-24(31)20-9-3-4-11-23(20)30/h1-15,29-30H,(H,28,31)/b25-15+,27-26?. The molecule has 4 aromatic rings. The highest BCUT2D eigenvalue weighted by Gasteiger charge is 2.09. The summed E-state index contributed by atoms with van der Waals surface area (Å²) >= 11 is 0. The minimum atomic E-state index is -0.569. The number of azo groups is 1. The summed E-state index contributed by atoms with van der Waals surface area (Å²) in [6.07, 6.45) is 1.30. The van der Waals surface area contributed by atoms with Gasteiger partial charge in [0.25, 0.3) is 5.91 Å². The largest absolute Gasteiger partial charge is 0.507 e. The fourth-order valence-corrected chi connectivity index (χ4v) is 3.00. The van der Waals surface area contributed by atoms with E-state index in [4.69, 9.17) is 0 Å². The van der Waals surface area contributed by atoms with Crippen molar-refractivity contribution in [3.63, 3.8) is 0 Å². The van der Waals surface area contributed by atoms with E-state index >= 15 is 0 Å². The number of fused-ring (bicyclic) bond motifs is 1. The monoisotopic (exact) mass is 410 g/mol. The Balaban J connectivity index is 1.52. The summed E-state index contributed by atoms with van der Waals surface area (Å²) < 4.78 is 0. The van der Waals surface area contributed by atoms with Crippen LogP contribution >= 0.6 is 0 Å². The minimum absolute atomic E-state index is 0.0235. The lowest BCUT2D eigenvalue weighted by atomic mass is 10.1. The quantitative estimate of drug-likeness (QED) is 0.232. The summed E-state index contributed by atoms with van der Waals surface area (Å²) in [5.74, 6) is -0.737. The first kappa shape index (κ1) is 19.8. The van der Waals surface area contributed by atoms with Crippen LogP contribution in [0.2, 0.25) is 0 Å². The molecule has 4 aromatic carbocycles. The molecule has 1 amide bonds. The maximum Gasteiger partial charge on any atom is 0.275 e. The molecule has 0 saturated carbocycles. The molecule has 0 spiro atoms. The van der Waals surface area contributed by atoms with Crippen LogP contribution in [0.5, 0.6) is 11.5 Å².